The Labute approximate surface area is 54.1 Å². The van der Waals surface area contributed by atoms with Crippen molar-refractivity contribution in [1.82, 2.24) is 0 Å². The van der Waals surface area contributed by atoms with Gasteiger partial charge in [-0.25, -0.2) is 5.41 Å². The fourth-order valence-corrected chi connectivity index (χ4v) is 0.751. The van der Waals surface area contributed by atoms with E-state index in [4.69, 9.17) is 5.41 Å². The van der Waals surface area contributed by atoms with Gasteiger partial charge < -0.3 is 0 Å². The Kier molecular flexibility index (Phi) is 2.00. The second-order valence-electron chi connectivity index (χ2n) is 1.83. The summed E-state index contributed by atoms with van der Waals surface area (Å²) < 4.78 is 0. The van der Waals surface area contributed by atoms with Gasteiger partial charge in [0.2, 0.25) is 0 Å². The maximum Gasteiger partial charge on any atom is 0.0914 e. The molecule has 0 radical (unpaired) electrons. The molecule has 0 aromatic carbocycles. The van der Waals surface area contributed by atoms with Gasteiger partial charge in [-0.3, -0.25) is 0 Å². The van der Waals surface area contributed by atoms with E-state index in [-0.39, 0.29) is 0 Å². The second-order valence-corrected chi connectivity index (χ2v) is 1.83. The Morgan fingerprint density at radius 1 is 1.56 bits per heavy atom. The molecular formula is C7H8N2. The second kappa shape index (κ2) is 3.00. The lowest BCUT2D eigenvalue weighted by molar-refractivity contribution is 1.09. The van der Waals surface area contributed by atoms with E-state index in [9.17, 15) is 0 Å². The first-order chi connectivity index (χ1) is 4.43. The van der Waals surface area contributed by atoms with Gasteiger partial charge in [0.25, 0.3) is 0 Å². The number of hydrogen-bond donors (Lipinski definition) is 1. The maximum atomic E-state index is 6.56. The Balaban J connectivity index is 2.60. The van der Waals surface area contributed by atoms with Crippen LogP contribution < -0.4 is 0 Å². The van der Waals surface area contributed by atoms with Crippen LogP contribution in [0.3, 0.4) is 0 Å². The van der Waals surface area contributed by atoms with Crippen LogP contribution in [0.1, 0.15) is 12.8 Å². The van der Waals surface area contributed by atoms with E-state index in [2.05, 4.69) is 17.1 Å². The molecule has 2 nitrogen and oxygen atoms in total. The first-order valence-corrected chi connectivity index (χ1v) is 2.90. The summed E-state index contributed by atoms with van der Waals surface area (Å²) in [6.45, 7) is 0. The maximum absolute atomic E-state index is 6.56. The van der Waals surface area contributed by atoms with E-state index in [1.54, 1.807) is 0 Å². The molecule has 0 amide bonds. The van der Waals surface area contributed by atoms with Crippen LogP contribution in [0.5, 0.6) is 0 Å². The summed E-state index contributed by atoms with van der Waals surface area (Å²) in [4.78, 5) is 3.71. The molecule has 0 aromatic rings. The van der Waals surface area contributed by atoms with Gasteiger partial charge in [0.15, 0.2) is 0 Å². The summed E-state index contributed by atoms with van der Waals surface area (Å²) in [5, 5.41) is 6.56. The molecule has 0 saturated heterocycles. The number of hydrogen-bond acceptors (Lipinski definition) is 2. The van der Waals surface area contributed by atoms with Crippen molar-refractivity contribution in [3.63, 3.8) is 0 Å². The third-order valence-corrected chi connectivity index (χ3v) is 1.18. The first-order valence-electron chi connectivity index (χ1n) is 2.90. The summed E-state index contributed by atoms with van der Waals surface area (Å²) in [6.07, 6.45) is 7.94. The van der Waals surface area contributed by atoms with Crippen LogP contribution in [0.4, 0.5) is 0 Å². The minimum Gasteiger partial charge on any atom is -0.241 e. The van der Waals surface area contributed by atoms with Crippen LogP contribution in [-0.4, -0.2) is 6.01 Å². The van der Waals surface area contributed by atoms with E-state index in [1.165, 1.54) is 0 Å². The first kappa shape index (κ1) is 5.99. The zero-order valence-corrected chi connectivity index (χ0v) is 5.09. The molecular weight excluding hydrogens is 112 g/mol. The van der Waals surface area contributed by atoms with Crippen molar-refractivity contribution in [2.24, 2.45) is 4.99 Å². The molecule has 9 heavy (non-hydrogen) atoms. The van der Waals surface area contributed by atoms with Crippen LogP contribution in [0.15, 0.2) is 28.9 Å². The highest BCUT2D eigenvalue weighted by molar-refractivity contribution is 5.40. The lowest BCUT2D eigenvalue weighted by atomic mass is 10.1. The number of allylic oxidation sites excluding steroid dienone is 3. The average Bonchev–Trinajstić information content (AvgIpc) is 1.91. The smallest absolute Gasteiger partial charge is 0.0914 e. The van der Waals surface area contributed by atoms with Crippen LogP contribution >= 0.6 is 0 Å². The highest BCUT2D eigenvalue weighted by atomic mass is 14.7. The zero-order chi connectivity index (χ0) is 6.53. The predicted molar refractivity (Wildman–Crippen MR) is 36.6 cm³/mol. The van der Waals surface area contributed by atoms with Crippen LogP contribution in [0, 0.1) is 5.41 Å². The minimum absolute atomic E-state index is 0.853. The topological polar surface area (TPSA) is 36.2 Å². The number of aliphatic imine (C=N–C) groups is 1. The van der Waals surface area contributed by atoms with Crippen molar-refractivity contribution in [3.8, 4) is 0 Å². The van der Waals surface area contributed by atoms with Gasteiger partial charge in [0.05, 0.1) is 11.7 Å². The van der Waals surface area contributed by atoms with Crippen LogP contribution in [-0.2, 0) is 0 Å². The molecule has 1 rings (SSSR count). The standard InChI is InChI=1S/C7H8N2/c8-6-9-7-4-2-1-3-5-7/h1-2,5,8H,3-4H2. The predicted octanol–water partition coefficient (Wildman–Crippen LogP) is 1.97. The highest BCUT2D eigenvalue weighted by Gasteiger charge is 1.92. The summed E-state index contributed by atoms with van der Waals surface area (Å²) in [5.74, 6) is 0. The van der Waals surface area contributed by atoms with Gasteiger partial charge >= 0.3 is 0 Å². The van der Waals surface area contributed by atoms with Gasteiger partial charge in [0.1, 0.15) is 0 Å². The molecule has 0 heterocycles. The summed E-state index contributed by atoms with van der Waals surface area (Å²) in [5.41, 5.74) is 0.951. The van der Waals surface area contributed by atoms with Crippen molar-refractivity contribution in [2.45, 2.75) is 12.8 Å². The molecule has 0 fully saturated rings. The normalized spacial score (nSPS) is 16.2. The van der Waals surface area contributed by atoms with Gasteiger partial charge in [-0.1, -0.05) is 18.2 Å². The van der Waals surface area contributed by atoms with Crippen molar-refractivity contribution in [3.05, 3.63) is 23.9 Å². The molecule has 0 aromatic heterocycles. The van der Waals surface area contributed by atoms with E-state index < -0.39 is 0 Å². The molecule has 2 heteroatoms. The fourth-order valence-electron chi connectivity index (χ4n) is 0.751. The third kappa shape index (κ3) is 1.67. The molecule has 0 unspecified atom stereocenters. The quantitative estimate of drug-likeness (QED) is 0.405. The van der Waals surface area contributed by atoms with Gasteiger partial charge in [-0.15, -0.1) is 0 Å². The highest BCUT2D eigenvalue weighted by Crippen LogP contribution is 2.10. The molecule has 0 aliphatic heterocycles. The molecule has 0 atom stereocenters. The lowest BCUT2D eigenvalue weighted by Crippen LogP contribution is -1.80. The number of nitrogens with one attached hydrogen (secondary N) is 1. The van der Waals surface area contributed by atoms with Gasteiger partial charge in [-0.05, 0) is 6.42 Å². The summed E-state index contributed by atoms with van der Waals surface area (Å²) in [7, 11) is 0. The third-order valence-electron chi connectivity index (χ3n) is 1.18. The summed E-state index contributed by atoms with van der Waals surface area (Å²) in [6, 6.07) is 2.01. The van der Waals surface area contributed by atoms with Gasteiger partial charge in [-0.2, -0.15) is 4.99 Å². The van der Waals surface area contributed by atoms with Crippen molar-refractivity contribution in [2.75, 3.05) is 0 Å². The molecule has 1 N–H and O–H groups in total. The Morgan fingerprint density at radius 2 is 2.44 bits per heavy atom. The van der Waals surface area contributed by atoms with Gasteiger partial charge in [0, 0.05) is 6.42 Å². The van der Waals surface area contributed by atoms with E-state index in [0.717, 1.165) is 18.5 Å². The van der Waals surface area contributed by atoms with E-state index >= 15 is 0 Å². The number of rotatable bonds is 1. The molecule has 1 aliphatic rings. The molecule has 46 valence electrons. The molecule has 0 bridgehead atoms. The Hall–Kier alpha value is -1.14. The molecule has 0 saturated carbocycles. The number of nitrogens with zero attached hydrogens (tertiary/aromatic N) is 1. The van der Waals surface area contributed by atoms with E-state index in [0.29, 0.717) is 0 Å². The Morgan fingerprint density at radius 3 is 3.00 bits per heavy atom. The van der Waals surface area contributed by atoms with Crippen molar-refractivity contribution < 1.29 is 0 Å². The minimum atomic E-state index is 0.853. The monoisotopic (exact) mass is 120 g/mol. The van der Waals surface area contributed by atoms with E-state index in [1.807, 2.05) is 12.1 Å². The van der Waals surface area contributed by atoms with Crippen LogP contribution in [0.2, 0.25) is 0 Å². The largest absolute Gasteiger partial charge is 0.241 e. The summed E-state index contributed by atoms with van der Waals surface area (Å²) >= 11 is 0. The molecule has 0 spiro atoms. The molecule has 1 aliphatic carbocycles. The van der Waals surface area contributed by atoms with Crippen molar-refractivity contribution in [1.29, 1.82) is 5.41 Å². The fraction of sp³-hybridized carbons (Fsp3) is 0.286. The lowest BCUT2D eigenvalue weighted by Gasteiger charge is -1.97. The zero-order valence-electron chi connectivity index (χ0n) is 5.09. The SMILES string of the molecule is N=C=NC1=CCC=CC1. The van der Waals surface area contributed by atoms with Crippen LogP contribution in [0.25, 0.3) is 0 Å². The van der Waals surface area contributed by atoms with Crippen molar-refractivity contribution >= 4 is 6.01 Å². The average molecular weight is 120 g/mol. The Bertz CT molecular complexity index is 195.